The quantitative estimate of drug-likeness (QED) is 0.325. The largest absolute Gasteiger partial charge is 0.494 e. The van der Waals surface area contributed by atoms with E-state index in [4.69, 9.17) is 30.5 Å². The topological polar surface area (TPSA) is 54.7 Å². The SMILES string of the molecule is CCCCOc1ccc(CCC2(Cn3ccnc3)OCC(COc3ccc(Cl)cc3)O2)cc1. The summed E-state index contributed by atoms with van der Waals surface area (Å²) in [5, 5.41) is 0.683. The molecule has 2 unspecified atom stereocenters. The minimum Gasteiger partial charge on any atom is -0.494 e. The molecule has 1 aliphatic rings. The summed E-state index contributed by atoms with van der Waals surface area (Å²) < 4.78 is 26.3. The number of nitrogens with zero attached hydrogens (tertiary/aromatic N) is 2. The molecule has 0 spiro atoms. The van der Waals surface area contributed by atoms with Crippen LogP contribution in [0.3, 0.4) is 0 Å². The van der Waals surface area contributed by atoms with Crippen LogP contribution < -0.4 is 9.47 Å². The first kappa shape index (κ1) is 23.6. The van der Waals surface area contributed by atoms with E-state index >= 15 is 0 Å². The van der Waals surface area contributed by atoms with E-state index in [9.17, 15) is 0 Å². The van der Waals surface area contributed by atoms with Gasteiger partial charge in [0.1, 0.15) is 24.2 Å². The number of hydrogen-bond acceptors (Lipinski definition) is 5. The van der Waals surface area contributed by atoms with E-state index in [-0.39, 0.29) is 6.10 Å². The molecule has 2 aromatic carbocycles. The number of aryl methyl sites for hydroxylation is 1. The molecule has 0 amide bonds. The number of hydrogen-bond donors (Lipinski definition) is 0. The second-order valence-electron chi connectivity index (χ2n) is 8.31. The summed E-state index contributed by atoms with van der Waals surface area (Å²) in [7, 11) is 0. The van der Waals surface area contributed by atoms with Gasteiger partial charge in [-0.2, -0.15) is 0 Å². The molecule has 4 rings (SSSR count). The molecule has 1 fully saturated rings. The number of imidazole rings is 1. The lowest BCUT2D eigenvalue weighted by Crippen LogP contribution is -2.37. The highest BCUT2D eigenvalue weighted by molar-refractivity contribution is 6.30. The van der Waals surface area contributed by atoms with E-state index < -0.39 is 5.79 Å². The van der Waals surface area contributed by atoms with Gasteiger partial charge in [0.25, 0.3) is 0 Å². The van der Waals surface area contributed by atoms with E-state index in [0.717, 1.165) is 43.8 Å². The Morgan fingerprint density at radius 2 is 1.85 bits per heavy atom. The number of halogens is 1. The second kappa shape index (κ2) is 11.5. The summed E-state index contributed by atoms with van der Waals surface area (Å²) in [6.45, 7) is 4.38. The van der Waals surface area contributed by atoms with Gasteiger partial charge in [-0.05, 0) is 54.8 Å². The van der Waals surface area contributed by atoms with Crippen molar-refractivity contribution in [1.29, 1.82) is 0 Å². The average Bonchev–Trinajstić information content (AvgIpc) is 3.49. The zero-order chi connectivity index (χ0) is 22.9. The number of aromatic nitrogens is 2. The van der Waals surface area contributed by atoms with E-state index in [0.29, 0.717) is 24.8 Å². The Balaban J connectivity index is 1.35. The predicted octanol–water partition coefficient (Wildman–Crippen LogP) is 5.54. The van der Waals surface area contributed by atoms with Gasteiger partial charge in [0.05, 0.1) is 26.1 Å². The lowest BCUT2D eigenvalue weighted by atomic mass is 10.0. The molecule has 1 aromatic heterocycles. The third kappa shape index (κ3) is 6.97. The van der Waals surface area contributed by atoms with Crippen LogP contribution in [0.2, 0.25) is 5.02 Å². The highest BCUT2D eigenvalue weighted by Gasteiger charge is 2.42. The van der Waals surface area contributed by atoms with Gasteiger partial charge in [-0.3, -0.25) is 0 Å². The summed E-state index contributed by atoms with van der Waals surface area (Å²) in [5.74, 6) is 0.940. The normalized spacial score (nSPS) is 20.1. The third-order valence-corrected chi connectivity index (χ3v) is 5.88. The molecule has 1 aliphatic heterocycles. The number of ether oxygens (including phenoxy) is 4. The maximum Gasteiger partial charge on any atom is 0.187 e. The molecule has 2 heterocycles. The molecule has 0 radical (unpaired) electrons. The molecule has 0 saturated carbocycles. The molecule has 3 aromatic rings. The van der Waals surface area contributed by atoms with Gasteiger partial charge in [0.2, 0.25) is 0 Å². The second-order valence-corrected chi connectivity index (χ2v) is 8.74. The Bertz CT molecular complexity index is 963. The Hall–Kier alpha value is -2.54. The van der Waals surface area contributed by atoms with Crippen LogP contribution in [-0.2, 0) is 22.4 Å². The van der Waals surface area contributed by atoms with Gasteiger partial charge >= 0.3 is 0 Å². The molecule has 33 heavy (non-hydrogen) atoms. The average molecular weight is 471 g/mol. The van der Waals surface area contributed by atoms with E-state index in [1.54, 1.807) is 12.5 Å². The van der Waals surface area contributed by atoms with Gasteiger partial charge in [-0.15, -0.1) is 0 Å². The van der Waals surface area contributed by atoms with E-state index in [1.807, 2.05) is 47.2 Å². The van der Waals surface area contributed by atoms with Crippen LogP contribution in [0, 0.1) is 0 Å². The van der Waals surface area contributed by atoms with Crippen molar-refractivity contribution in [1.82, 2.24) is 9.55 Å². The number of unbranched alkanes of at least 4 members (excludes halogenated alkanes) is 1. The van der Waals surface area contributed by atoms with Crippen molar-refractivity contribution in [2.75, 3.05) is 19.8 Å². The van der Waals surface area contributed by atoms with Gasteiger partial charge < -0.3 is 23.5 Å². The van der Waals surface area contributed by atoms with Crippen molar-refractivity contribution in [3.63, 3.8) is 0 Å². The lowest BCUT2D eigenvalue weighted by Gasteiger charge is -2.28. The zero-order valence-corrected chi connectivity index (χ0v) is 19.7. The van der Waals surface area contributed by atoms with Crippen LogP contribution in [-0.4, -0.2) is 41.3 Å². The Morgan fingerprint density at radius 3 is 2.58 bits per heavy atom. The van der Waals surface area contributed by atoms with Crippen molar-refractivity contribution < 1.29 is 18.9 Å². The number of rotatable bonds is 12. The summed E-state index contributed by atoms with van der Waals surface area (Å²) in [6, 6.07) is 15.6. The predicted molar refractivity (Wildman–Crippen MR) is 128 cm³/mol. The van der Waals surface area contributed by atoms with Gasteiger partial charge in [-0.25, -0.2) is 4.98 Å². The van der Waals surface area contributed by atoms with Crippen molar-refractivity contribution in [3.05, 3.63) is 77.8 Å². The monoisotopic (exact) mass is 470 g/mol. The van der Waals surface area contributed by atoms with E-state index in [2.05, 4.69) is 24.0 Å². The van der Waals surface area contributed by atoms with Crippen LogP contribution in [0.25, 0.3) is 0 Å². The fourth-order valence-corrected chi connectivity index (χ4v) is 3.92. The van der Waals surface area contributed by atoms with Gasteiger partial charge in [0.15, 0.2) is 5.79 Å². The molecule has 1 saturated heterocycles. The number of benzene rings is 2. The molecule has 176 valence electrons. The maximum atomic E-state index is 6.43. The molecule has 6 nitrogen and oxygen atoms in total. The summed E-state index contributed by atoms with van der Waals surface area (Å²) in [5.41, 5.74) is 1.22. The van der Waals surface area contributed by atoms with Crippen molar-refractivity contribution in [2.24, 2.45) is 0 Å². The van der Waals surface area contributed by atoms with Crippen LogP contribution in [0.5, 0.6) is 11.5 Å². The Labute approximate surface area is 200 Å². The molecular formula is C26H31ClN2O4. The standard InChI is InChI=1S/C26H31ClN2O4/c1-2-3-16-30-23-8-4-21(5-9-23)12-13-26(19-29-15-14-28-20-29)32-18-25(33-26)17-31-24-10-6-22(27)7-11-24/h4-11,14-15,20,25H,2-3,12-13,16-19H2,1H3. The lowest BCUT2D eigenvalue weighted by molar-refractivity contribution is -0.184. The first-order valence-electron chi connectivity index (χ1n) is 11.5. The van der Waals surface area contributed by atoms with Gasteiger partial charge in [-0.1, -0.05) is 37.1 Å². The third-order valence-electron chi connectivity index (χ3n) is 5.63. The van der Waals surface area contributed by atoms with Crippen LogP contribution >= 0.6 is 11.6 Å². The van der Waals surface area contributed by atoms with Gasteiger partial charge in [0, 0.05) is 23.8 Å². The molecule has 0 aliphatic carbocycles. The van der Waals surface area contributed by atoms with Crippen LogP contribution in [0.1, 0.15) is 31.7 Å². The minimum absolute atomic E-state index is 0.154. The molecule has 0 N–H and O–H groups in total. The fraction of sp³-hybridized carbons (Fsp3) is 0.423. The molecule has 2 atom stereocenters. The smallest absolute Gasteiger partial charge is 0.187 e. The zero-order valence-electron chi connectivity index (χ0n) is 19.0. The van der Waals surface area contributed by atoms with Crippen LogP contribution in [0.15, 0.2) is 67.3 Å². The maximum absolute atomic E-state index is 6.43. The fourth-order valence-electron chi connectivity index (χ4n) is 3.79. The highest BCUT2D eigenvalue weighted by Crippen LogP contribution is 2.31. The summed E-state index contributed by atoms with van der Waals surface area (Å²) >= 11 is 5.95. The van der Waals surface area contributed by atoms with E-state index in [1.165, 1.54) is 5.56 Å². The van der Waals surface area contributed by atoms with Crippen molar-refractivity contribution in [2.45, 2.75) is 51.0 Å². The van der Waals surface area contributed by atoms with Crippen molar-refractivity contribution >= 4 is 11.6 Å². The molecule has 7 heteroatoms. The first-order valence-corrected chi connectivity index (χ1v) is 11.9. The van der Waals surface area contributed by atoms with Crippen LogP contribution in [0.4, 0.5) is 0 Å². The highest BCUT2D eigenvalue weighted by atomic mass is 35.5. The summed E-state index contributed by atoms with van der Waals surface area (Å²) in [4.78, 5) is 4.16. The Morgan fingerprint density at radius 1 is 1.09 bits per heavy atom. The Kier molecular flexibility index (Phi) is 8.26. The minimum atomic E-state index is -0.731. The molecular weight excluding hydrogens is 440 g/mol. The molecule has 0 bridgehead atoms. The summed E-state index contributed by atoms with van der Waals surface area (Å²) in [6.07, 6.45) is 9.06. The van der Waals surface area contributed by atoms with Crippen molar-refractivity contribution in [3.8, 4) is 11.5 Å². The first-order chi connectivity index (χ1) is 16.1.